The van der Waals surface area contributed by atoms with Crippen molar-refractivity contribution in [3.8, 4) is 5.75 Å². The molecular formula is C14H19Br2NO3. The van der Waals surface area contributed by atoms with Gasteiger partial charge in [0, 0.05) is 6.04 Å². The Morgan fingerprint density at radius 1 is 1.40 bits per heavy atom. The molecule has 0 fully saturated rings. The molecule has 0 amide bonds. The summed E-state index contributed by atoms with van der Waals surface area (Å²) >= 11 is 6.86. The quantitative estimate of drug-likeness (QED) is 0.720. The van der Waals surface area contributed by atoms with Crippen LogP contribution in [0, 0.1) is 0 Å². The Morgan fingerprint density at radius 2 is 1.95 bits per heavy atom. The molecule has 2 atom stereocenters. The van der Waals surface area contributed by atoms with Gasteiger partial charge in [0.05, 0.1) is 8.95 Å². The summed E-state index contributed by atoms with van der Waals surface area (Å²) < 4.78 is 7.07. The van der Waals surface area contributed by atoms with Crippen LogP contribution in [0.25, 0.3) is 0 Å². The van der Waals surface area contributed by atoms with Gasteiger partial charge < -0.3 is 15.6 Å². The summed E-state index contributed by atoms with van der Waals surface area (Å²) in [5, 5.41) is 9.15. The number of carboxylic acids is 1. The van der Waals surface area contributed by atoms with Crippen LogP contribution in [-0.4, -0.2) is 23.2 Å². The molecule has 0 saturated carbocycles. The van der Waals surface area contributed by atoms with E-state index >= 15 is 0 Å². The van der Waals surface area contributed by atoms with Gasteiger partial charge in [-0.25, -0.2) is 4.79 Å². The Balaban J connectivity index is 2.98. The molecule has 0 aliphatic heterocycles. The van der Waals surface area contributed by atoms with Crippen molar-refractivity contribution in [1.82, 2.24) is 0 Å². The lowest BCUT2D eigenvalue weighted by molar-refractivity contribution is -0.145. The minimum Gasteiger partial charge on any atom is -0.479 e. The highest BCUT2D eigenvalue weighted by Crippen LogP contribution is 2.36. The number of aliphatic carboxylic acids is 1. The highest BCUT2D eigenvalue weighted by molar-refractivity contribution is 9.11. The Morgan fingerprint density at radius 3 is 2.35 bits per heavy atom. The van der Waals surface area contributed by atoms with Crippen LogP contribution in [0.3, 0.4) is 0 Å². The van der Waals surface area contributed by atoms with Gasteiger partial charge in [0.1, 0.15) is 5.75 Å². The van der Waals surface area contributed by atoms with Crippen LogP contribution in [0.1, 0.15) is 32.3 Å². The van der Waals surface area contributed by atoms with Crippen molar-refractivity contribution < 1.29 is 14.6 Å². The maximum absolute atomic E-state index is 11.2. The zero-order chi connectivity index (χ0) is 15.3. The van der Waals surface area contributed by atoms with Crippen molar-refractivity contribution in [2.75, 3.05) is 0 Å². The average molecular weight is 409 g/mol. The second-order valence-electron chi connectivity index (χ2n) is 4.80. The second kappa shape index (κ2) is 8.00. The molecule has 0 heterocycles. The van der Waals surface area contributed by atoms with Gasteiger partial charge in [-0.3, -0.25) is 0 Å². The number of rotatable bonds is 7. The first-order valence-electron chi connectivity index (χ1n) is 6.48. The van der Waals surface area contributed by atoms with Gasteiger partial charge in [-0.15, -0.1) is 0 Å². The Bertz CT molecular complexity index is 454. The third-order valence-corrected chi connectivity index (χ3v) is 3.88. The maximum atomic E-state index is 11.2. The number of benzene rings is 1. The number of hydrogen-bond donors (Lipinski definition) is 2. The molecule has 1 aromatic rings. The first-order chi connectivity index (χ1) is 9.35. The number of carbonyl (C=O) groups is 1. The number of halogens is 2. The van der Waals surface area contributed by atoms with Crippen LogP contribution in [0.2, 0.25) is 0 Å². The van der Waals surface area contributed by atoms with Crippen molar-refractivity contribution in [3.05, 3.63) is 26.6 Å². The van der Waals surface area contributed by atoms with Crippen molar-refractivity contribution in [1.29, 1.82) is 0 Å². The molecule has 1 rings (SSSR count). The molecule has 0 saturated heterocycles. The fourth-order valence-electron chi connectivity index (χ4n) is 1.85. The molecule has 0 radical (unpaired) electrons. The van der Waals surface area contributed by atoms with E-state index < -0.39 is 12.1 Å². The van der Waals surface area contributed by atoms with E-state index in [1.54, 1.807) is 0 Å². The first-order valence-corrected chi connectivity index (χ1v) is 8.06. The van der Waals surface area contributed by atoms with Gasteiger partial charge in [0.2, 0.25) is 0 Å². The van der Waals surface area contributed by atoms with Gasteiger partial charge in [-0.05, 0) is 69.3 Å². The zero-order valence-electron chi connectivity index (χ0n) is 11.5. The molecule has 20 heavy (non-hydrogen) atoms. The first kappa shape index (κ1) is 17.5. The van der Waals surface area contributed by atoms with Crippen LogP contribution in [0.5, 0.6) is 5.75 Å². The third kappa shape index (κ3) is 5.07. The lowest BCUT2D eigenvalue weighted by atomic mass is 10.1. The average Bonchev–Trinajstić information content (AvgIpc) is 2.31. The molecule has 3 N–H and O–H groups in total. The molecule has 1 aromatic carbocycles. The lowest BCUT2D eigenvalue weighted by Gasteiger charge is -2.18. The second-order valence-corrected chi connectivity index (χ2v) is 6.51. The summed E-state index contributed by atoms with van der Waals surface area (Å²) in [6.45, 7) is 3.86. The summed E-state index contributed by atoms with van der Waals surface area (Å²) in [5.74, 6) is -0.440. The molecular weight excluding hydrogens is 390 g/mol. The summed E-state index contributed by atoms with van der Waals surface area (Å²) in [6.07, 6.45) is 1.12. The van der Waals surface area contributed by atoms with Gasteiger partial charge in [0.25, 0.3) is 0 Å². The van der Waals surface area contributed by atoms with E-state index in [0.717, 1.165) is 27.4 Å². The van der Waals surface area contributed by atoms with Gasteiger partial charge >= 0.3 is 5.97 Å². The fourth-order valence-corrected chi connectivity index (χ4v) is 3.32. The number of hydrogen-bond acceptors (Lipinski definition) is 3. The number of ether oxygens (including phenoxy) is 1. The molecule has 0 bridgehead atoms. The van der Waals surface area contributed by atoms with Gasteiger partial charge in [-0.1, -0.05) is 13.3 Å². The predicted octanol–water partition coefficient (Wildman–Crippen LogP) is 3.73. The normalized spacial score (nSPS) is 13.8. The highest BCUT2D eigenvalue weighted by atomic mass is 79.9. The van der Waals surface area contributed by atoms with Crippen LogP contribution in [0.15, 0.2) is 21.1 Å². The van der Waals surface area contributed by atoms with Gasteiger partial charge in [0.15, 0.2) is 6.10 Å². The smallest absolute Gasteiger partial charge is 0.344 e. The zero-order valence-corrected chi connectivity index (χ0v) is 14.7. The Labute approximate surface area is 135 Å². The number of carboxylic acid groups (broad SMARTS) is 1. The van der Waals surface area contributed by atoms with Crippen molar-refractivity contribution in [2.45, 2.75) is 45.3 Å². The Hall–Kier alpha value is -0.590. The van der Waals surface area contributed by atoms with Crippen molar-refractivity contribution in [2.24, 2.45) is 5.73 Å². The van der Waals surface area contributed by atoms with E-state index in [9.17, 15) is 4.79 Å². The molecule has 4 nitrogen and oxygen atoms in total. The fraction of sp³-hybridized carbons (Fsp3) is 0.500. The van der Waals surface area contributed by atoms with Crippen LogP contribution in [-0.2, 0) is 11.2 Å². The molecule has 0 aliphatic carbocycles. The van der Waals surface area contributed by atoms with Crippen LogP contribution in [0.4, 0.5) is 0 Å². The highest BCUT2D eigenvalue weighted by Gasteiger charge is 2.21. The minimum atomic E-state index is -0.953. The monoisotopic (exact) mass is 407 g/mol. The molecule has 112 valence electrons. The predicted molar refractivity (Wildman–Crippen MR) is 86.2 cm³/mol. The van der Waals surface area contributed by atoms with Crippen molar-refractivity contribution in [3.63, 3.8) is 0 Å². The largest absolute Gasteiger partial charge is 0.479 e. The van der Waals surface area contributed by atoms with E-state index in [1.165, 1.54) is 0 Å². The summed E-state index contributed by atoms with van der Waals surface area (Å²) in [4.78, 5) is 11.2. The maximum Gasteiger partial charge on any atom is 0.344 e. The Kier molecular flexibility index (Phi) is 6.99. The minimum absolute atomic E-state index is 0.0624. The number of nitrogens with two attached hydrogens (primary N) is 1. The SMILES string of the molecule is CCCC(Oc1c(Br)cc(CC(C)N)cc1Br)C(=O)O. The van der Waals surface area contributed by atoms with E-state index in [-0.39, 0.29) is 6.04 Å². The molecule has 0 aliphatic rings. The van der Waals surface area contributed by atoms with Gasteiger partial charge in [-0.2, -0.15) is 0 Å². The summed E-state index contributed by atoms with van der Waals surface area (Å²) in [7, 11) is 0. The summed E-state index contributed by atoms with van der Waals surface area (Å²) in [5.41, 5.74) is 6.85. The van der Waals surface area contributed by atoms with E-state index in [0.29, 0.717) is 12.2 Å². The molecule has 2 unspecified atom stereocenters. The van der Waals surface area contributed by atoms with Crippen LogP contribution < -0.4 is 10.5 Å². The van der Waals surface area contributed by atoms with Crippen molar-refractivity contribution >= 4 is 37.8 Å². The topological polar surface area (TPSA) is 72.5 Å². The van der Waals surface area contributed by atoms with E-state index in [2.05, 4.69) is 31.9 Å². The van der Waals surface area contributed by atoms with E-state index in [4.69, 9.17) is 15.6 Å². The standard InChI is InChI=1S/C14H19Br2NO3/c1-3-4-12(14(18)19)20-13-10(15)6-9(5-8(2)17)7-11(13)16/h6-8,12H,3-5,17H2,1-2H3,(H,18,19). The molecule has 6 heteroatoms. The van der Waals surface area contributed by atoms with E-state index in [1.807, 2.05) is 26.0 Å². The van der Waals surface area contributed by atoms with Crippen LogP contribution >= 0.6 is 31.9 Å². The third-order valence-electron chi connectivity index (χ3n) is 2.70. The summed E-state index contributed by atoms with van der Waals surface area (Å²) in [6, 6.07) is 3.88. The lowest BCUT2D eigenvalue weighted by Crippen LogP contribution is -2.27. The molecule has 0 aromatic heterocycles. The molecule has 0 spiro atoms.